The fraction of sp³-hybridized carbons (Fsp3) is 0.320. The van der Waals surface area contributed by atoms with E-state index in [9.17, 15) is 14.4 Å². The van der Waals surface area contributed by atoms with Crippen molar-refractivity contribution >= 4 is 18.0 Å². The molecule has 0 aliphatic carbocycles. The molecule has 0 fully saturated rings. The lowest BCUT2D eigenvalue weighted by Crippen LogP contribution is -2.47. The number of urea groups is 1. The lowest BCUT2D eigenvalue weighted by molar-refractivity contribution is -0.145. The highest BCUT2D eigenvalue weighted by Gasteiger charge is 2.34. The lowest BCUT2D eigenvalue weighted by Gasteiger charge is -2.29. The number of hydrogen-bond donors (Lipinski definition) is 2. The molecule has 2 N–H and O–H groups in total. The SMILES string of the molecule is CCOC(=O)C1=C(COC(=O)COc2cc(C)ccc2C)NC(=O)NC1c1ccc(OC)cc1. The first-order valence-corrected chi connectivity index (χ1v) is 10.8. The van der Waals surface area contributed by atoms with Crippen LogP contribution in [-0.4, -0.2) is 44.9 Å². The van der Waals surface area contributed by atoms with Gasteiger partial charge < -0.3 is 29.6 Å². The Balaban J connectivity index is 1.78. The predicted molar refractivity (Wildman–Crippen MR) is 123 cm³/mol. The fourth-order valence-corrected chi connectivity index (χ4v) is 3.42. The molecule has 0 saturated heterocycles. The highest BCUT2D eigenvalue weighted by Crippen LogP contribution is 2.29. The Labute approximate surface area is 198 Å². The predicted octanol–water partition coefficient (Wildman–Crippen LogP) is 3.11. The zero-order chi connectivity index (χ0) is 24.7. The Hall–Kier alpha value is -4.01. The minimum Gasteiger partial charge on any atom is -0.497 e. The van der Waals surface area contributed by atoms with E-state index in [1.165, 1.54) is 0 Å². The van der Waals surface area contributed by atoms with E-state index in [0.29, 0.717) is 17.1 Å². The zero-order valence-corrected chi connectivity index (χ0v) is 19.6. The van der Waals surface area contributed by atoms with Crippen LogP contribution in [0.5, 0.6) is 11.5 Å². The fourth-order valence-electron chi connectivity index (χ4n) is 3.42. The molecule has 2 aromatic carbocycles. The van der Waals surface area contributed by atoms with Crippen LogP contribution in [0.3, 0.4) is 0 Å². The van der Waals surface area contributed by atoms with Crippen LogP contribution < -0.4 is 20.1 Å². The van der Waals surface area contributed by atoms with Crippen LogP contribution in [0.4, 0.5) is 4.79 Å². The third-order valence-corrected chi connectivity index (χ3v) is 5.16. The Kier molecular flexibility index (Phi) is 8.13. The maximum atomic E-state index is 12.8. The summed E-state index contributed by atoms with van der Waals surface area (Å²) >= 11 is 0. The molecule has 9 heteroatoms. The molecule has 2 amide bonds. The lowest BCUT2D eigenvalue weighted by atomic mass is 9.95. The summed E-state index contributed by atoms with van der Waals surface area (Å²) < 4.78 is 21.3. The molecule has 9 nitrogen and oxygen atoms in total. The highest BCUT2D eigenvalue weighted by molar-refractivity contribution is 5.95. The van der Waals surface area contributed by atoms with Gasteiger partial charge in [0.2, 0.25) is 0 Å². The summed E-state index contributed by atoms with van der Waals surface area (Å²) in [6, 6.07) is 11.2. The van der Waals surface area contributed by atoms with Crippen molar-refractivity contribution in [2.24, 2.45) is 0 Å². The molecule has 0 spiro atoms. The highest BCUT2D eigenvalue weighted by atomic mass is 16.6. The van der Waals surface area contributed by atoms with Gasteiger partial charge in [-0.2, -0.15) is 0 Å². The number of ether oxygens (including phenoxy) is 4. The summed E-state index contributed by atoms with van der Waals surface area (Å²) in [4.78, 5) is 37.5. The minimum absolute atomic E-state index is 0.141. The largest absolute Gasteiger partial charge is 0.497 e. The van der Waals surface area contributed by atoms with Crippen molar-refractivity contribution in [3.8, 4) is 11.5 Å². The Morgan fingerprint density at radius 1 is 1.03 bits per heavy atom. The van der Waals surface area contributed by atoms with Crippen LogP contribution in [0.2, 0.25) is 0 Å². The van der Waals surface area contributed by atoms with Gasteiger partial charge in [0.05, 0.1) is 31.0 Å². The standard InChI is InChI=1S/C25H28N2O7/c1-5-32-24(29)22-19(13-34-21(28)14-33-20-12-15(2)6-7-16(20)3)26-25(30)27-23(22)17-8-10-18(31-4)11-9-17/h6-12,23H,5,13-14H2,1-4H3,(H2,26,27,30). The first kappa shape index (κ1) is 24.6. The number of esters is 2. The Morgan fingerprint density at radius 3 is 2.44 bits per heavy atom. The van der Waals surface area contributed by atoms with E-state index in [-0.39, 0.29) is 31.1 Å². The molecule has 1 heterocycles. The molecular formula is C25H28N2O7. The molecular weight excluding hydrogens is 440 g/mol. The van der Waals surface area contributed by atoms with E-state index in [0.717, 1.165) is 11.1 Å². The van der Waals surface area contributed by atoms with Crippen LogP contribution in [0, 0.1) is 13.8 Å². The molecule has 1 atom stereocenters. The van der Waals surface area contributed by atoms with E-state index in [1.54, 1.807) is 38.3 Å². The van der Waals surface area contributed by atoms with Crippen molar-refractivity contribution in [1.82, 2.24) is 10.6 Å². The zero-order valence-electron chi connectivity index (χ0n) is 19.6. The van der Waals surface area contributed by atoms with Gasteiger partial charge in [-0.3, -0.25) is 0 Å². The van der Waals surface area contributed by atoms with Crippen LogP contribution in [0.25, 0.3) is 0 Å². The summed E-state index contributed by atoms with van der Waals surface area (Å²) in [6.07, 6.45) is 0. The average molecular weight is 469 g/mol. The number of amides is 2. The summed E-state index contributed by atoms with van der Waals surface area (Å²) in [5, 5.41) is 5.28. The van der Waals surface area contributed by atoms with Gasteiger partial charge in [0.25, 0.3) is 0 Å². The van der Waals surface area contributed by atoms with Crippen LogP contribution in [0.15, 0.2) is 53.7 Å². The second kappa shape index (κ2) is 11.2. The number of carbonyl (C=O) groups excluding carboxylic acids is 3. The van der Waals surface area contributed by atoms with E-state index >= 15 is 0 Å². The number of nitrogens with one attached hydrogen (secondary N) is 2. The smallest absolute Gasteiger partial charge is 0.344 e. The number of methoxy groups -OCH3 is 1. The summed E-state index contributed by atoms with van der Waals surface area (Å²) in [7, 11) is 1.54. The van der Waals surface area contributed by atoms with Crippen molar-refractivity contribution < 1.29 is 33.3 Å². The van der Waals surface area contributed by atoms with Crippen LogP contribution >= 0.6 is 0 Å². The van der Waals surface area contributed by atoms with Crippen molar-refractivity contribution in [2.45, 2.75) is 26.8 Å². The third kappa shape index (κ3) is 6.06. The van der Waals surface area contributed by atoms with Crippen LogP contribution in [-0.2, 0) is 19.1 Å². The molecule has 0 aromatic heterocycles. The summed E-state index contributed by atoms with van der Waals surface area (Å²) in [6.45, 7) is 4.97. The van der Waals surface area contributed by atoms with Gasteiger partial charge in [-0.05, 0) is 55.7 Å². The van der Waals surface area contributed by atoms with Gasteiger partial charge in [0.1, 0.15) is 18.1 Å². The van der Waals surface area contributed by atoms with E-state index < -0.39 is 24.0 Å². The van der Waals surface area contributed by atoms with Gasteiger partial charge >= 0.3 is 18.0 Å². The van der Waals surface area contributed by atoms with E-state index in [4.69, 9.17) is 18.9 Å². The summed E-state index contributed by atoms with van der Waals surface area (Å²) in [5.41, 5.74) is 2.82. The number of aryl methyl sites for hydroxylation is 2. The maximum absolute atomic E-state index is 12.8. The minimum atomic E-state index is -0.793. The number of rotatable bonds is 9. The van der Waals surface area contributed by atoms with E-state index in [1.807, 2.05) is 32.0 Å². The van der Waals surface area contributed by atoms with Gasteiger partial charge in [-0.1, -0.05) is 24.3 Å². The first-order chi connectivity index (χ1) is 16.3. The molecule has 1 aliphatic rings. The molecule has 34 heavy (non-hydrogen) atoms. The topological polar surface area (TPSA) is 112 Å². The Bertz CT molecular complexity index is 1090. The van der Waals surface area contributed by atoms with Crippen molar-refractivity contribution in [3.05, 3.63) is 70.4 Å². The normalized spacial score (nSPS) is 15.2. The molecule has 2 aromatic rings. The quantitative estimate of drug-likeness (QED) is 0.544. The molecule has 0 saturated carbocycles. The monoisotopic (exact) mass is 468 g/mol. The van der Waals surface area contributed by atoms with Gasteiger partial charge in [0, 0.05) is 0 Å². The summed E-state index contributed by atoms with van der Waals surface area (Å²) in [5.74, 6) is -0.0688. The van der Waals surface area contributed by atoms with Crippen LogP contribution in [0.1, 0.15) is 29.7 Å². The number of benzene rings is 2. The molecule has 1 unspecified atom stereocenters. The molecule has 1 aliphatic heterocycles. The van der Waals surface area contributed by atoms with Crippen molar-refractivity contribution in [2.75, 3.05) is 26.9 Å². The second-order valence-electron chi connectivity index (χ2n) is 7.64. The second-order valence-corrected chi connectivity index (χ2v) is 7.64. The molecule has 180 valence electrons. The van der Waals surface area contributed by atoms with Gasteiger partial charge in [0.15, 0.2) is 6.61 Å². The maximum Gasteiger partial charge on any atom is 0.344 e. The van der Waals surface area contributed by atoms with E-state index in [2.05, 4.69) is 10.6 Å². The first-order valence-electron chi connectivity index (χ1n) is 10.8. The molecule has 3 rings (SSSR count). The third-order valence-electron chi connectivity index (χ3n) is 5.16. The molecule has 0 radical (unpaired) electrons. The van der Waals surface area contributed by atoms with Crippen molar-refractivity contribution in [3.63, 3.8) is 0 Å². The van der Waals surface area contributed by atoms with Gasteiger partial charge in [-0.25, -0.2) is 14.4 Å². The number of carbonyl (C=O) groups is 3. The van der Waals surface area contributed by atoms with Crippen molar-refractivity contribution in [1.29, 1.82) is 0 Å². The average Bonchev–Trinajstić information content (AvgIpc) is 2.83. The van der Waals surface area contributed by atoms with Gasteiger partial charge in [-0.15, -0.1) is 0 Å². The molecule has 0 bridgehead atoms. The Morgan fingerprint density at radius 2 is 1.76 bits per heavy atom. The number of hydrogen-bond acceptors (Lipinski definition) is 7.